The van der Waals surface area contributed by atoms with Gasteiger partial charge in [0.05, 0.1) is 0 Å². The molecule has 2 aromatic carbocycles. The van der Waals surface area contributed by atoms with E-state index in [1.807, 2.05) is 24.5 Å². The zero-order valence-corrected chi connectivity index (χ0v) is 14.5. The maximum Gasteiger partial charge on any atom is 0.116 e. The van der Waals surface area contributed by atoms with Gasteiger partial charge in [-0.05, 0) is 48.2 Å². The average molecular weight is 325 g/mol. The molecule has 3 aromatic rings. The van der Waals surface area contributed by atoms with Crippen LogP contribution in [0.4, 0.5) is 0 Å². The Labute approximate surface area is 142 Å². The van der Waals surface area contributed by atoms with Crippen molar-refractivity contribution in [1.29, 1.82) is 0 Å². The van der Waals surface area contributed by atoms with Gasteiger partial charge in [0.15, 0.2) is 0 Å². The van der Waals surface area contributed by atoms with Crippen molar-refractivity contribution in [3.8, 4) is 0 Å². The van der Waals surface area contributed by atoms with Crippen LogP contribution < -0.4 is 0 Å². The zero-order valence-electron chi connectivity index (χ0n) is 13.8. The third-order valence-electron chi connectivity index (χ3n) is 4.51. The molecule has 3 heteroatoms. The van der Waals surface area contributed by atoms with Crippen molar-refractivity contribution < 1.29 is 0 Å². The summed E-state index contributed by atoms with van der Waals surface area (Å²) in [5.74, 6) is 1.35. The summed E-state index contributed by atoms with van der Waals surface area (Å²) in [6.07, 6.45) is 3.93. The molecule has 1 aromatic heterocycles. The van der Waals surface area contributed by atoms with Crippen LogP contribution in [0.2, 0.25) is 5.02 Å². The summed E-state index contributed by atoms with van der Waals surface area (Å²) in [6, 6.07) is 14.5. The maximum absolute atomic E-state index is 5.97. The van der Waals surface area contributed by atoms with Crippen molar-refractivity contribution in [2.45, 2.75) is 33.2 Å². The van der Waals surface area contributed by atoms with E-state index in [2.05, 4.69) is 60.7 Å². The van der Waals surface area contributed by atoms with Crippen LogP contribution in [0.5, 0.6) is 0 Å². The van der Waals surface area contributed by atoms with Crippen LogP contribution in [0, 0.1) is 13.8 Å². The van der Waals surface area contributed by atoms with Crippen LogP contribution in [-0.4, -0.2) is 9.55 Å². The fraction of sp³-hybridized carbons (Fsp3) is 0.250. The molecule has 0 aliphatic heterocycles. The number of aryl methyl sites for hydroxylation is 1. The lowest BCUT2D eigenvalue weighted by Crippen LogP contribution is -2.10. The molecule has 0 saturated carbocycles. The normalized spacial score (nSPS) is 12.3. The van der Waals surface area contributed by atoms with Gasteiger partial charge in [-0.15, -0.1) is 0 Å². The molecule has 0 N–H and O–H groups in total. The van der Waals surface area contributed by atoms with E-state index in [0.717, 1.165) is 17.4 Å². The second-order valence-electron chi connectivity index (χ2n) is 6.05. The number of hydrogen-bond acceptors (Lipinski definition) is 1. The van der Waals surface area contributed by atoms with Gasteiger partial charge in [-0.3, -0.25) is 0 Å². The van der Waals surface area contributed by atoms with E-state index in [1.165, 1.54) is 22.3 Å². The number of benzene rings is 2. The predicted octanol–water partition coefficient (Wildman–Crippen LogP) is 5.35. The molecule has 23 heavy (non-hydrogen) atoms. The molecule has 2 nitrogen and oxygen atoms in total. The monoisotopic (exact) mass is 324 g/mol. The van der Waals surface area contributed by atoms with E-state index in [4.69, 9.17) is 11.6 Å². The summed E-state index contributed by atoms with van der Waals surface area (Å²) in [5.41, 5.74) is 5.24. The standard InChI is InChI=1S/C20H21ClN2/c1-14-5-4-6-19(15(14)2)16(3)20-22-11-12-23(20)13-17-7-9-18(21)10-8-17/h4-12,16H,13H2,1-3H3/t16-/m0/s1. The molecule has 0 amide bonds. The highest BCUT2D eigenvalue weighted by atomic mass is 35.5. The summed E-state index contributed by atoms with van der Waals surface area (Å²) in [5, 5.41) is 0.767. The Hall–Kier alpha value is -2.06. The Morgan fingerprint density at radius 2 is 1.83 bits per heavy atom. The average Bonchev–Trinajstić information content (AvgIpc) is 3.00. The number of rotatable bonds is 4. The minimum absolute atomic E-state index is 0.261. The van der Waals surface area contributed by atoms with Crippen LogP contribution in [0.25, 0.3) is 0 Å². The van der Waals surface area contributed by atoms with Crippen molar-refractivity contribution in [2.75, 3.05) is 0 Å². The number of imidazole rings is 1. The highest BCUT2D eigenvalue weighted by molar-refractivity contribution is 6.30. The third kappa shape index (κ3) is 3.32. The Bertz CT molecular complexity index is 803. The molecular formula is C20H21ClN2. The Kier molecular flexibility index (Phi) is 4.53. The van der Waals surface area contributed by atoms with Crippen LogP contribution in [0.1, 0.15) is 40.9 Å². The molecular weight excluding hydrogens is 304 g/mol. The highest BCUT2D eigenvalue weighted by Crippen LogP contribution is 2.27. The van der Waals surface area contributed by atoms with Gasteiger partial charge in [0.25, 0.3) is 0 Å². The first-order valence-electron chi connectivity index (χ1n) is 7.88. The zero-order chi connectivity index (χ0) is 16.4. The molecule has 0 spiro atoms. The molecule has 0 bridgehead atoms. The summed E-state index contributed by atoms with van der Waals surface area (Å²) in [6.45, 7) is 7.38. The molecule has 0 radical (unpaired) electrons. The van der Waals surface area contributed by atoms with Gasteiger partial charge >= 0.3 is 0 Å². The lowest BCUT2D eigenvalue weighted by Gasteiger charge is -2.18. The van der Waals surface area contributed by atoms with Crippen molar-refractivity contribution in [2.24, 2.45) is 0 Å². The molecule has 0 saturated heterocycles. The molecule has 0 fully saturated rings. The van der Waals surface area contributed by atoms with Crippen LogP contribution >= 0.6 is 11.6 Å². The molecule has 0 aliphatic rings. The third-order valence-corrected chi connectivity index (χ3v) is 4.77. The largest absolute Gasteiger partial charge is 0.330 e. The number of nitrogens with zero attached hydrogens (tertiary/aromatic N) is 2. The molecule has 0 aliphatic carbocycles. The van der Waals surface area contributed by atoms with E-state index in [0.29, 0.717) is 0 Å². The molecule has 0 unspecified atom stereocenters. The predicted molar refractivity (Wildman–Crippen MR) is 96.2 cm³/mol. The molecule has 118 valence electrons. The summed E-state index contributed by atoms with van der Waals surface area (Å²) < 4.78 is 2.22. The van der Waals surface area contributed by atoms with Gasteiger partial charge in [-0.2, -0.15) is 0 Å². The van der Waals surface area contributed by atoms with Gasteiger partial charge < -0.3 is 4.57 Å². The minimum atomic E-state index is 0.261. The number of hydrogen-bond donors (Lipinski definition) is 0. The first kappa shape index (κ1) is 15.8. The first-order valence-corrected chi connectivity index (χ1v) is 8.25. The van der Waals surface area contributed by atoms with E-state index in [9.17, 15) is 0 Å². The van der Waals surface area contributed by atoms with Crippen LogP contribution in [-0.2, 0) is 6.54 Å². The fourth-order valence-electron chi connectivity index (χ4n) is 3.00. The van der Waals surface area contributed by atoms with Crippen LogP contribution in [0.3, 0.4) is 0 Å². The van der Waals surface area contributed by atoms with Gasteiger partial charge in [-0.25, -0.2) is 4.98 Å². The fourth-order valence-corrected chi connectivity index (χ4v) is 3.13. The Balaban J connectivity index is 1.91. The topological polar surface area (TPSA) is 17.8 Å². The smallest absolute Gasteiger partial charge is 0.116 e. The van der Waals surface area contributed by atoms with Crippen molar-refractivity contribution in [3.05, 3.63) is 88.0 Å². The molecule has 3 rings (SSSR count). The highest BCUT2D eigenvalue weighted by Gasteiger charge is 2.17. The van der Waals surface area contributed by atoms with Crippen molar-refractivity contribution in [3.63, 3.8) is 0 Å². The van der Waals surface area contributed by atoms with E-state index >= 15 is 0 Å². The summed E-state index contributed by atoms with van der Waals surface area (Å²) in [7, 11) is 0. The number of aromatic nitrogens is 2. The summed E-state index contributed by atoms with van der Waals surface area (Å²) >= 11 is 5.97. The van der Waals surface area contributed by atoms with Crippen LogP contribution in [0.15, 0.2) is 54.9 Å². The first-order chi connectivity index (χ1) is 11.1. The lowest BCUT2D eigenvalue weighted by atomic mass is 9.93. The van der Waals surface area contributed by atoms with E-state index in [-0.39, 0.29) is 5.92 Å². The maximum atomic E-state index is 5.97. The second kappa shape index (κ2) is 6.59. The lowest BCUT2D eigenvalue weighted by molar-refractivity contribution is 0.687. The molecule has 1 atom stereocenters. The van der Waals surface area contributed by atoms with E-state index in [1.54, 1.807) is 0 Å². The van der Waals surface area contributed by atoms with Crippen molar-refractivity contribution >= 4 is 11.6 Å². The molecule has 1 heterocycles. The van der Waals surface area contributed by atoms with Gasteiger partial charge in [0.1, 0.15) is 5.82 Å². The van der Waals surface area contributed by atoms with Gasteiger partial charge in [0.2, 0.25) is 0 Å². The quantitative estimate of drug-likeness (QED) is 0.632. The minimum Gasteiger partial charge on any atom is -0.330 e. The Morgan fingerprint density at radius 1 is 1.09 bits per heavy atom. The van der Waals surface area contributed by atoms with E-state index < -0.39 is 0 Å². The van der Waals surface area contributed by atoms with Gasteiger partial charge in [0, 0.05) is 29.9 Å². The summed E-state index contributed by atoms with van der Waals surface area (Å²) in [4.78, 5) is 4.61. The second-order valence-corrected chi connectivity index (χ2v) is 6.49. The van der Waals surface area contributed by atoms with Gasteiger partial charge in [-0.1, -0.05) is 48.9 Å². The SMILES string of the molecule is Cc1cccc([C@H](C)c2nccn2Cc2ccc(Cl)cc2)c1C. The number of halogens is 1. The Morgan fingerprint density at radius 3 is 2.57 bits per heavy atom. The van der Waals surface area contributed by atoms with Crippen molar-refractivity contribution in [1.82, 2.24) is 9.55 Å².